The Hall–Kier alpha value is -2.45. The summed E-state index contributed by atoms with van der Waals surface area (Å²) in [5.74, 6) is 0. The van der Waals surface area contributed by atoms with Crippen LogP contribution in [-0.2, 0) is 12.8 Å². The summed E-state index contributed by atoms with van der Waals surface area (Å²) < 4.78 is 0. The predicted molar refractivity (Wildman–Crippen MR) is 119 cm³/mol. The molecule has 0 fully saturated rings. The first-order chi connectivity index (χ1) is 12.4. The third-order valence-corrected chi connectivity index (χ3v) is 4.98. The van der Waals surface area contributed by atoms with E-state index in [-0.39, 0.29) is 13.5 Å². The lowest BCUT2D eigenvalue weighted by Gasteiger charge is -2.18. The summed E-state index contributed by atoms with van der Waals surface area (Å²) in [5.41, 5.74) is 3.17. The van der Waals surface area contributed by atoms with Crippen molar-refractivity contribution < 1.29 is 0 Å². The van der Waals surface area contributed by atoms with Crippen molar-refractivity contribution in [2.24, 2.45) is 0 Å². The number of allylic oxidation sites excluding steroid dienone is 4. The Morgan fingerprint density at radius 3 is 2.19 bits per heavy atom. The van der Waals surface area contributed by atoms with Crippen LogP contribution in [0, 0.1) is 0 Å². The summed E-state index contributed by atoms with van der Waals surface area (Å²) in [4.78, 5) is 0. The molecular formula is C24H25NS. The smallest absolute Gasteiger partial charge is 0.000442 e. The number of rotatable bonds is 0. The van der Waals surface area contributed by atoms with Crippen molar-refractivity contribution in [3.05, 3.63) is 96.4 Å². The molecule has 1 aliphatic heterocycles. The predicted octanol–water partition coefficient (Wildman–Crippen LogP) is 6.16. The molecule has 132 valence electrons. The molecule has 1 aliphatic carbocycles. The van der Waals surface area contributed by atoms with Gasteiger partial charge in [0.1, 0.15) is 0 Å². The van der Waals surface area contributed by atoms with Gasteiger partial charge in [0.25, 0.3) is 0 Å². The molecule has 5 rings (SSSR count). The van der Waals surface area contributed by atoms with Gasteiger partial charge in [-0.05, 0) is 70.5 Å². The number of fused-ring (bicyclic) bond motifs is 5. The second kappa shape index (κ2) is 8.77. The molecule has 1 heterocycles. The highest BCUT2D eigenvalue weighted by Gasteiger charge is 2.13. The van der Waals surface area contributed by atoms with Crippen LogP contribution in [0.4, 0.5) is 0 Å². The van der Waals surface area contributed by atoms with E-state index in [1.54, 1.807) is 11.1 Å². The van der Waals surface area contributed by atoms with Gasteiger partial charge in [-0.25, -0.2) is 0 Å². The van der Waals surface area contributed by atoms with Crippen molar-refractivity contribution in [1.29, 1.82) is 0 Å². The first-order valence-corrected chi connectivity index (χ1v) is 9.10. The van der Waals surface area contributed by atoms with Crippen LogP contribution in [0.3, 0.4) is 0 Å². The summed E-state index contributed by atoms with van der Waals surface area (Å²) in [5, 5.41) is 8.57. The molecule has 3 aromatic carbocycles. The van der Waals surface area contributed by atoms with E-state index in [1.807, 2.05) is 36.7 Å². The highest BCUT2D eigenvalue weighted by molar-refractivity contribution is 7.59. The molecule has 0 bridgehead atoms. The largest absolute Gasteiger partial charge is 0.368 e. The summed E-state index contributed by atoms with van der Waals surface area (Å²) in [6, 6.07) is 18.0. The van der Waals surface area contributed by atoms with E-state index in [4.69, 9.17) is 0 Å². The van der Waals surface area contributed by atoms with Gasteiger partial charge >= 0.3 is 0 Å². The van der Waals surface area contributed by atoms with Gasteiger partial charge in [-0.15, -0.1) is 0 Å². The van der Waals surface area contributed by atoms with Gasteiger partial charge in [0.05, 0.1) is 0 Å². The van der Waals surface area contributed by atoms with Crippen molar-refractivity contribution >= 4 is 35.0 Å². The maximum Gasteiger partial charge on any atom is 0.000442 e. The first kappa shape index (κ1) is 18.3. The zero-order valence-corrected chi connectivity index (χ0v) is 15.9. The van der Waals surface area contributed by atoms with Crippen molar-refractivity contribution in [3.63, 3.8) is 0 Å². The first-order valence-electron chi connectivity index (χ1n) is 9.10. The molecule has 0 amide bonds. The zero-order valence-electron chi connectivity index (χ0n) is 14.9. The molecule has 0 spiro atoms. The van der Waals surface area contributed by atoms with E-state index in [2.05, 4.69) is 53.8 Å². The second-order valence-electron chi connectivity index (χ2n) is 6.56. The van der Waals surface area contributed by atoms with Gasteiger partial charge in [0.2, 0.25) is 0 Å². The molecule has 2 aliphatic rings. The van der Waals surface area contributed by atoms with Gasteiger partial charge in [0.15, 0.2) is 0 Å². The number of hydrogen-bond acceptors (Lipinski definition) is 1. The maximum atomic E-state index is 2.92. The molecule has 2 heteroatoms. The van der Waals surface area contributed by atoms with Gasteiger partial charge in [-0.1, -0.05) is 60.7 Å². The fourth-order valence-electron chi connectivity index (χ4n) is 3.75. The fraction of sp³-hybridized carbons (Fsp3) is 0.167. The van der Waals surface area contributed by atoms with Crippen LogP contribution in [0.15, 0.2) is 85.2 Å². The number of nitrogens with one attached hydrogen (secondary N) is 1. The average molecular weight is 360 g/mol. The minimum atomic E-state index is 0. The van der Waals surface area contributed by atoms with Gasteiger partial charge < -0.3 is 5.32 Å². The van der Waals surface area contributed by atoms with Crippen molar-refractivity contribution in [1.82, 2.24) is 5.32 Å². The van der Waals surface area contributed by atoms with Gasteiger partial charge in [-0.3, -0.25) is 0 Å². The van der Waals surface area contributed by atoms with Crippen LogP contribution >= 0.6 is 13.5 Å². The quantitative estimate of drug-likeness (QED) is 0.474. The van der Waals surface area contributed by atoms with Crippen LogP contribution in [-0.4, -0.2) is 0 Å². The van der Waals surface area contributed by atoms with E-state index >= 15 is 0 Å². The standard InChI is InChI=1S/C18H16.C6H7N.H2S/c1-3-7-15-13(5-1)9-11-18-16-8-4-2-6-14(16)10-12-17(15)18;1-2-4-6-7-5-3-1;/h1,3,5,7,9-12H,2,4,6,8H2;1-7H;1H2. The lowest BCUT2D eigenvalue weighted by molar-refractivity contribution is 0.690. The molecular weight excluding hydrogens is 334 g/mol. The van der Waals surface area contributed by atoms with Crippen molar-refractivity contribution in [2.45, 2.75) is 25.7 Å². The van der Waals surface area contributed by atoms with Crippen molar-refractivity contribution in [2.75, 3.05) is 0 Å². The third-order valence-electron chi connectivity index (χ3n) is 4.98. The Morgan fingerprint density at radius 2 is 1.35 bits per heavy atom. The topological polar surface area (TPSA) is 12.0 Å². The fourth-order valence-corrected chi connectivity index (χ4v) is 3.75. The van der Waals surface area contributed by atoms with Crippen molar-refractivity contribution in [3.8, 4) is 0 Å². The number of benzene rings is 3. The summed E-state index contributed by atoms with van der Waals surface area (Å²) in [7, 11) is 0. The van der Waals surface area contributed by atoms with Crippen LogP contribution in [0.25, 0.3) is 21.5 Å². The SMILES string of the molecule is C1=CC=CNC=C1.S.c1ccc2c(c1)ccc1c3c(ccc12)CCCC3. The molecule has 1 N–H and O–H groups in total. The number of hydrogen-bond donors (Lipinski definition) is 1. The normalized spacial score (nSPS) is 14.6. The lowest BCUT2D eigenvalue weighted by atomic mass is 9.86. The van der Waals surface area contributed by atoms with Crippen LogP contribution in [0.5, 0.6) is 0 Å². The molecule has 0 unspecified atom stereocenters. The maximum absolute atomic E-state index is 2.92. The van der Waals surface area contributed by atoms with Crippen LogP contribution in [0.2, 0.25) is 0 Å². The van der Waals surface area contributed by atoms with E-state index in [0.29, 0.717) is 0 Å². The summed E-state index contributed by atoms with van der Waals surface area (Å²) in [6.45, 7) is 0. The third kappa shape index (κ3) is 3.86. The van der Waals surface area contributed by atoms with E-state index in [9.17, 15) is 0 Å². The Kier molecular flexibility index (Phi) is 6.19. The van der Waals surface area contributed by atoms with Crippen LogP contribution in [0.1, 0.15) is 24.0 Å². The Balaban J connectivity index is 0.000000210. The molecule has 0 saturated heterocycles. The lowest BCUT2D eigenvalue weighted by Crippen LogP contribution is -2.02. The average Bonchev–Trinajstić information content (AvgIpc) is 3.01. The minimum absolute atomic E-state index is 0. The Labute approximate surface area is 162 Å². The molecule has 0 aromatic heterocycles. The highest BCUT2D eigenvalue weighted by atomic mass is 32.1. The highest BCUT2D eigenvalue weighted by Crippen LogP contribution is 2.33. The number of aryl methyl sites for hydroxylation is 2. The molecule has 0 saturated carbocycles. The molecule has 26 heavy (non-hydrogen) atoms. The van der Waals surface area contributed by atoms with Gasteiger partial charge in [0, 0.05) is 12.4 Å². The minimum Gasteiger partial charge on any atom is -0.368 e. The van der Waals surface area contributed by atoms with E-state index in [1.165, 1.54) is 47.2 Å². The zero-order chi connectivity index (χ0) is 16.9. The monoisotopic (exact) mass is 359 g/mol. The Morgan fingerprint density at radius 1 is 0.615 bits per heavy atom. The summed E-state index contributed by atoms with van der Waals surface area (Å²) in [6.07, 6.45) is 16.8. The molecule has 0 radical (unpaired) electrons. The van der Waals surface area contributed by atoms with Crippen LogP contribution < -0.4 is 5.32 Å². The van der Waals surface area contributed by atoms with E-state index in [0.717, 1.165) is 0 Å². The second-order valence-corrected chi connectivity index (χ2v) is 6.56. The molecule has 1 nitrogen and oxygen atoms in total. The Bertz CT molecular complexity index is 968. The summed E-state index contributed by atoms with van der Waals surface area (Å²) >= 11 is 0. The van der Waals surface area contributed by atoms with E-state index < -0.39 is 0 Å². The molecule has 3 aromatic rings. The van der Waals surface area contributed by atoms with Gasteiger partial charge in [-0.2, -0.15) is 13.5 Å². The molecule has 0 atom stereocenters.